The minimum absolute atomic E-state index is 0.111. The largest absolute Gasteiger partial charge is 0.252 e. The molecule has 3 heteroatoms. The van der Waals surface area contributed by atoms with Crippen LogP contribution >= 0.6 is 7.92 Å². The molecule has 0 radical (unpaired) electrons. The Balaban J connectivity index is 2.30. The fourth-order valence-electron chi connectivity index (χ4n) is 3.28. The fourth-order valence-corrected chi connectivity index (χ4v) is 6.21. The third-order valence-electron chi connectivity index (χ3n) is 4.76. The van der Waals surface area contributed by atoms with Crippen LogP contribution in [0.2, 0.25) is 0 Å². The van der Waals surface area contributed by atoms with Gasteiger partial charge in [0.2, 0.25) is 0 Å². The smallest absolute Gasteiger partial charge is 0.0633 e. The van der Waals surface area contributed by atoms with Gasteiger partial charge in [0.25, 0.3) is 0 Å². The van der Waals surface area contributed by atoms with Crippen molar-refractivity contribution < 1.29 is 0 Å². The lowest BCUT2D eigenvalue weighted by molar-refractivity contribution is 0.596. The summed E-state index contributed by atoms with van der Waals surface area (Å²) in [4.78, 5) is 10.5. The van der Waals surface area contributed by atoms with Crippen molar-refractivity contribution in [2.75, 3.05) is 0 Å². The monoisotopic (exact) mass is 428 g/mol. The number of rotatable bonds is 5. The Kier molecular flexibility index (Phi) is 7.23. The van der Waals surface area contributed by atoms with E-state index in [1.807, 2.05) is 36.4 Å². The minimum atomic E-state index is -0.906. The van der Waals surface area contributed by atoms with Crippen molar-refractivity contribution >= 4 is 35.5 Å². The minimum Gasteiger partial charge on any atom is -0.252 e. The molecule has 0 spiro atoms. The summed E-state index contributed by atoms with van der Waals surface area (Å²) < 4.78 is 0. The predicted octanol–water partition coefficient (Wildman–Crippen LogP) is 8.35. The molecular formula is C28H33N2P. The molecule has 3 aromatic rings. The molecule has 160 valence electrons. The lowest BCUT2D eigenvalue weighted by atomic mass is 9.98. The van der Waals surface area contributed by atoms with Crippen LogP contribution in [0.25, 0.3) is 0 Å². The van der Waals surface area contributed by atoms with Gasteiger partial charge in [0.15, 0.2) is 0 Å². The molecule has 0 saturated carbocycles. The van der Waals surface area contributed by atoms with Crippen LogP contribution in [0.3, 0.4) is 0 Å². The molecule has 3 rings (SSSR count). The molecule has 0 aliphatic rings. The van der Waals surface area contributed by atoms with E-state index in [-0.39, 0.29) is 10.8 Å². The maximum Gasteiger partial charge on any atom is 0.0633 e. The molecule has 0 unspecified atom stereocenters. The molecule has 3 aromatic carbocycles. The van der Waals surface area contributed by atoms with Gasteiger partial charge in [-0.2, -0.15) is 0 Å². The van der Waals surface area contributed by atoms with Crippen LogP contribution in [0, 0.1) is 10.8 Å². The Morgan fingerprint density at radius 3 is 1.16 bits per heavy atom. The zero-order chi connectivity index (χ0) is 22.5. The summed E-state index contributed by atoms with van der Waals surface area (Å²) in [5, 5.41) is 1.28. The lowest BCUT2D eigenvalue weighted by Crippen LogP contribution is -2.31. The first-order chi connectivity index (χ1) is 14.7. The van der Waals surface area contributed by atoms with Crippen molar-refractivity contribution in [3.05, 3.63) is 91.0 Å². The van der Waals surface area contributed by atoms with E-state index in [1.54, 1.807) is 0 Å². The highest BCUT2D eigenvalue weighted by Crippen LogP contribution is 2.51. The fraction of sp³-hybridized carbons (Fsp3) is 0.286. The number of hydrogen-bond donors (Lipinski definition) is 0. The van der Waals surface area contributed by atoms with Crippen LogP contribution < -0.4 is 5.30 Å². The molecule has 0 atom stereocenters. The topological polar surface area (TPSA) is 24.7 Å². The molecule has 0 aromatic heterocycles. The highest BCUT2D eigenvalue weighted by Gasteiger charge is 2.37. The van der Waals surface area contributed by atoms with Crippen LogP contribution in [0.5, 0.6) is 0 Å². The van der Waals surface area contributed by atoms with E-state index < -0.39 is 7.92 Å². The quantitative estimate of drug-likeness (QED) is 0.288. The second kappa shape index (κ2) is 9.71. The van der Waals surface area contributed by atoms with Crippen molar-refractivity contribution in [2.45, 2.75) is 41.5 Å². The van der Waals surface area contributed by atoms with Crippen LogP contribution in [-0.4, -0.2) is 10.9 Å². The SMILES string of the molecule is CC(C)(C)C(=Nc1ccccc1)P(C(=Nc1ccccc1)C(C)(C)C)c1ccccc1. The van der Waals surface area contributed by atoms with Crippen molar-refractivity contribution in [2.24, 2.45) is 20.8 Å². The van der Waals surface area contributed by atoms with Gasteiger partial charge in [0, 0.05) is 18.8 Å². The summed E-state index contributed by atoms with van der Waals surface area (Å²) in [6.07, 6.45) is 0. The molecule has 0 amide bonds. The van der Waals surface area contributed by atoms with E-state index in [2.05, 4.69) is 96.1 Å². The van der Waals surface area contributed by atoms with Gasteiger partial charge in [0.05, 0.1) is 22.3 Å². The first-order valence-electron chi connectivity index (χ1n) is 10.8. The summed E-state index contributed by atoms with van der Waals surface area (Å²) in [6.45, 7) is 13.6. The van der Waals surface area contributed by atoms with Crippen LogP contribution in [0.1, 0.15) is 41.5 Å². The standard InChI is InChI=1S/C28H33N2P/c1-27(2,3)25(29-22-16-10-7-11-17-22)31(24-20-14-9-15-21-24)26(28(4,5)6)30-23-18-12-8-13-19-23/h7-21H,1-6H3. The Morgan fingerprint density at radius 2 is 0.839 bits per heavy atom. The van der Waals surface area contributed by atoms with Crippen molar-refractivity contribution in [1.82, 2.24) is 0 Å². The number of hydrogen-bond acceptors (Lipinski definition) is 2. The average Bonchev–Trinajstić information content (AvgIpc) is 2.73. The van der Waals surface area contributed by atoms with Crippen molar-refractivity contribution in [1.29, 1.82) is 0 Å². The molecule has 0 fully saturated rings. The average molecular weight is 429 g/mol. The van der Waals surface area contributed by atoms with E-state index in [9.17, 15) is 0 Å². The molecule has 0 aliphatic heterocycles. The second-order valence-electron chi connectivity index (χ2n) is 9.71. The van der Waals surface area contributed by atoms with Gasteiger partial charge in [-0.25, -0.2) is 0 Å². The molecule has 0 aliphatic carbocycles. The summed E-state index contributed by atoms with van der Waals surface area (Å²) in [7, 11) is -0.906. The number of para-hydroxylation sites is 2. The van der Waals surface area contributed by atoms with Crippen LogP contribution in [0.4, 0.5) is 11.4 Å². The van der Waals surface area contributed by atoms with Gasteiger partial charge in [-0.05, 0) is 29.6 Å². The maximum absolute atomic E-state index is 5.25. The van der Waals surface area contributed by atoms with E-state index in [1.165, 1.54) is 16.2 Å². The summed E-state index contributed by atoms with van der Waals surface area (Å²) in [5.41, 5.74) is 4.13. The Hall–Kier alpha value is -2.57. The normalized spacial score (nSPS) is 14.4. The highest BCUT2D eigenvalue weighted by molar-refractivity contribution is 7.95. The Morgan fingerprint density at radius 1 is 0.516 bits per heavy atom. The van der Waals surface area contributed by atoms with Gasteiger partial charge in [0.1, 0.15) is 0 Å². The Labute approximate surface area is 188 Å². The third-order valence-corrected chi connectivity index (χ3v) is 7.97. The van der Waals surface area contributed by atoms with Crippen molar-refractivity contribution in [3.63, 3.8) is 0 Å². The van der Waals surface area contributed by atoms with Gasteiger partial charge < -0.3 is 0 Å². The molecule has 0 N–H and O–H groups in total. The van der Waals surface area contributed by atoms with Gasteiger partial charge in [-0.3, -0.25) is 9.98 Å². The lowest BCUT2D eigenvalue weighted by Gasteiger charge is -2.35. The molecule has 2 nitrogen and oxygen atoms in total. The molecule has 0 heterocycles. The maximum atomic E-state index is 5.25. The summed E-state index contributed by atoms with van der Waals surface area (Å²) in [6, 6.07) is 31.3. The molecular weight excluding hydrogens is 395 g/mol. The van der Waals surface area contributed by atoms with Crippen LogP contribution in [0.15, 0.2) is 101 Å². The molecule has 0 bridgehead atoms. The number of nitrogens with zero attached hydrogens (tertiary/aromatic N) is 2. The number of aliphatic imine (C=N–C) groups is 2. The predicted molar refractivity (Wildman–Crippen MR) is 139 cm³/mol. The van der Waals surface area contributed by atoms with E-state index in [4.69, 9.17) is 9.98 Å². The van der Waals surface area contributed by atoms with E-state index in [0.717, 1.165) is 11.4 Å². The zero-order valence-electron chi connectivity index (χ0n) is 19.5. The van der Waals surface area contributed by atoms with Gasteiger partial charge >= 0.3 is 0 Å². The van der Waals surface area contributed by atoms with Crippen LogP contribution in [-0.2, 0) is 0 Å². The van der Waals surface area contributed by atoms with Crippen molar-refractivity contribution in [3.8, 4) is 0 Å². The van der Waals surface area contributed by atoms with E-state index >= 15 is 0 Å². The highest BCUT2D eigenvalue weighted by atomic mass is 31.1. The van der Waals surface area contributed by atoms with Gasteiger partial charge in [-0.1, -0.05) is 108 Å². The zero-order valence-corrected chi connectivity index (χ0v) is 20.4. The molecule has 31 heavy (non-hydrogen) atoms. The first kappa shape index (κ1) is 23.1. The van der Waals surface area contributed by atoms with Gasteiger partial charge in [-0.15, -0.1) is 0 Å². The third kappa shape index (κ3) is 6.21. The molecule has 0 saturated heterocycles. The van der Waals surface area contributed by atoms with E-state index in [0.29, 0.717) is 0 Å². The number of benzene rings is 3. The second-order valence-corrected chi connectivity index (χ2v) is 11.7. The first-order valence-corrected chi connectivity index (χ1v) is 12.1. The Bertz CT molecular complexity index is 958. The summed E-state index contributed by atoms with van der Waals surface area (Å²) >= 11 is 0. The summed E-state index contributed by atoms with van der Waals surface area (Å²) in [5.74, 6) is 0.